The van der Waals surface area contributed by atoms with Gasteiger partial charge in [-0.25, -0.2) is 4.79 Å². The fourth-order valence-corrected chi connectivity index (χ4v) is 2.77. The highest BCUT2D eigenvalue weighted by Gasteiger charge is 2.16. The molecule has 7 nitrogen and oxygen atoms in total. The Labute approximate surface area is 165 Å². The number of halogens is 2. The van der Waals surface area contributed by atoms with E-state index < -0.39 is 18.5 Å². The zero-order valence-corrected chi connectivity index (χ0v) is 16.0. The minimum absolute atomic E-state index is 0.0912. The van der Waals surface area contributed by atoms with Crippen molar-refractivity contribution in [2.24, 2.45) is 0 Å². The Bertz CT molecular complexity index is 846. The molecule has 2 N–H and O–H groups in total. The number of amides is 2. The van der Waals surface area contributed by atoms with Crippen LogP contribution >= 0.6 is 23.2 Å². The summed E-state index contributed by atoms with van der Waals surface area (Å²) in [6, 6.07) is 8.91. The normalized spacial score (nSPS) is 10.1. The molecule has 0 fully saturated rings. The molecule has 0 saturated heterocycles. The third-order valence-electron chi connectivity index (χ3n) is 3.43. The number of nitrogens with one attached hydrogen (secondary N) is 2. The van der Waals surface area contributed by atoms with Crippen molar-refractivity contribution < 1.29 is 23.9 Å². The maximum Gasteiger partial charge on any atom is 0.338 e. The zero-order chi connectivity index (χ0) is 20.0. The summed E-state index contributed by atoms with van der Waals surface area (Å²) in [6.45, 7) is -0.503. The molecule has 0 heterocycles. The van der Waals surface area contributed by atoms with E-state index in [1.165, 1.54) is 26.3 Å². The maximum absolute atomic E-state index is 12.1. The van der Waals surface area contributed by atoms with Gasteiger partial charge in [0.25, 0.3) is 11.8 Å². The van der Waals surface area contributed by atoms with Crippen LogP contribution in [0.3, 0.4) is 0 Å². The Kier molecular flexibility index (Phi) is 7.04. The minimum Gasteiger partial charge on any atom is -0.494 e. The van der Waals surface area contributed by atoms with E-state index in [9.17, 15) is 14.4 Å². The molecule has 0 spiro atoms. The molecule has 2 rings (SSSR count). The predicted molar refractivity (Wildman–Crippen MR) is 102 cm³/mol. The van der Waals surface area contributed by atoms with Gasteiger partial charge in [-0.15, -0.1) is 0 Å². The van der Waals surface area contributed by atoms with Gasteiger partial charge >= 0.3 is 5.97 Å². The average Bonchev–Trinajstić information content (AvgIpc) is 2.65. The van der Waals surface area contributed by atoms with E-state index in [-0.39, 0.29) is 27.3 Å². The summed E-state index contributed by atoms with van der Waals surface area (Å²) in [5, 5.41) is 5.35. The van der Waals surface area contributed by atoms with Gasteiger partial charge in [-0.3, -0.25) is 9.59 Å². The van der Waals surface area contributed by atoms with E-state index in [1.54, 1.807) is 24.3 Å². The molecule has 9 heteroatoms. The first kappa shape index (κ1) is 20.5. The van der Waals surface area contributed by atoms with Crippen LogP contribution < -0.4 is 15.4 Å². The first-order chi connectivity index (χ1) is 12.8. The van der Waals surface area contributed by atoms with Crippen molar-refractivity contribution in [2.45, 2.75) is 0 Å². The van der Waals surface area contributed by atoms with Crippen molar-refractivity contribution in [1.82, 2.24) is 5.32 Å². The Morgan fingerprint density at radius 2 is 1.59 bits per heavy atom. The third kappa shape index (κ3) is 5.35. The van der Waals surface area contributed by atoms with Crippen LogP contribution in [0.1, 0.15) is 20.7 Å². The summed E-state index contributed by atoms with van der Waals surface area (Å²) < 4.78 is 9.95. The lowest BCUT2D eigenvalue weighted by molar-refractivity contribution is -0.119. The molecule has 2 amide bonds. The van der Waals surface area contributed by atoms with E-state index >= 15 is 0 Å². The second-order valence-electron chi connectivity index (χ2n) is 5.25. The molecule has 0 radical (unpaired) electrons. The number of esters is 1. The number of methoxy groups -OCH3 is 1. The number of ether oxygens (including phenoxy) is 2. The second kappa shape index (κ2) is 9.25. The minimum atomic E-state index is -0.758. The maximum atomic E-state index is 12.1. The Balaban J connectivity index is 1.93. The van der Waals surface area contributed by atoms with Gasteiger partial charge in [0.05, 0.1) is 22.7 Å². The van der Waals surface area contributed by atoms with Crippen molar-refractivity contribution in [3.05, 3.63) is 57.6 Å². The van der Waals surface area contributed by atoms with E-state index in [0.29, 0.717) is 11.3 Å². The standard InChI is InChI=1S/C18H16Cl2N2O5/c1-21-17(24)10-3-5-12(6-4-10)22-15(23)9-27-18(25)11-7-13(19)16(26-2)14(20)8-11/h3-8H,9H2,1-2H3,(H,21,24)(H,22,23). The molecule has 0 atom stereocenters. The molecule has 0 bridgehead atoms. The topological polar surface area (TPSA) is 93.7 Å². The van der Waals surface area contributed by atoms with Crippen LogP contribution in [-0.2, 0) is 9.53 Å². The van der Waals surface area contributed by atoms with Crippen molar-refractivity contribution in [2.75, 3.05) is 26.1 Å². The van der Waals surface area contributed by atoms with Gasteiger partial charge < -0.3 is 20.1 Å². The summed E-state index contributed by atoms with van der Waals surface area (Å²) >= 11 is 11.9. The summed E-state index contributed by atoms with van der Waals surface area (Å²) in [7, 11) is 2.92. The van der Waals surface area contributed by atoms with Gasteiger partial charge in [-0.05, 0) is 36.4 Å². The Morgan fingerprint density at radius 1 is 1.00 bits per heavy atom. The number of rotatable bonds is 6. The number of hydrogen-bond donors (Lipinski definition) is 2. The summed E-state index contributed by atoms with van der Waals surface area (Å²) in [5.41, 5.74) is 1.00. The highest BCUT2D eigenvalue weighted by Crippen LogP contribution is 2.33. The van der Waals surface area contributed by atoms with Gasteiger partial charge in [0.1, 0.15) is 0 Å². The zero-order valence-electron chi connectivity index (χ0n) is 14.5. The van der Waals surface area contributed by atoms with Gasteiger partial charge in [-0.1, -0.05) is 23.2 Å². The molecule has 142 valence electrons. The monoisotopic (exact) mass is 410 g/mol. The highest BCUT2D eigenvalue weighted by molar-refractivity contribution is 6.37. The Hall–Kier alpha value is -2.77. The molecule has 0 aliphatic heterocycles. The van der Waals surface area contributed by atoms with Gasteiger partial charge in [0.2, 0.25) is 0 Å². The smallest absolute Gasteiger partial charge is 0.338 e. The first-order valence-corrected chi connectivity index (χ1v) is 8.43. The lowest BCUT2D eigenvalue weighted by Crippen LogP contribution is -2.21. The average molecular weight is 411 g/mol. The van der Waals surface area contributed by atoms with Crippen molar-refractivity contribution in [3.8, 4) is 5.75 Å². The fourth-order valence-electron chi connectivity index (χ4n) is 2.13. The largest absolute Gasteiger partial charge is 0.494 e. The lowest BCUT2D eigenvalue weighted by atomic mass is 10.2. The first-order valence-electron chi connectivity index (χ1n) is 7.68. The quantitative estimate of drug-likeness (QED) is 0.713. The molecule has 0 aromatic heterocycles. The number of carbonyl (C=O) groups excluding carboxylic acids is 3. The fraction of sp³-hybridized carbons (Fsp3) is 0.167. The number of hydrogen-bond acceptors (Lipinski definition) is 5. The Morgan fingerprint density at radius 3 is 2.11 bits per heavy atom. The van der Waals surface area contributed by atoms with Crippen LogP contribution in [0, 0.1) is 0 Å². The number of anilines is 1. The summed E-state index contributed by atoms with van der Waals surface area (Å²) in [4.78, 5) is 35.4. The molecule has 0 aliphatic rings. The molecular formula is C18H16Cl2N2O5. The molecule has 0 aliphatic carbocycles. The second-order valence-corrected chi connectivity index (χ2v) is 6.07. The van der Waals surface area contributed by atoms with Crippen LogP contribution in [0.25, 0.3) is 0 Å². The van der Waals surface area contributed by atoms with Gasteiger partial charge in [0, 0.05) is 18.3 Å². The number of benzene rings is 2. The molecule has 27 heavy (non-hydrogen) atoms. The molecule has 2 aromatic rings. The van der Waals surface area contributed by atoms with E-state index in [4.69, 9.17) is 32.7 Å². The number of carbonyl (C=O) groups is 3. The van der Waals surface area contributed by atoms with E-state index in [1.807, 2.05) is 0 Å². The third-order valence-corrected chi connectivity index (χ3v) is 3.99. The molecule has 0 unspecified atom stereocenters. The van der Waals surface area contributed by atoms with Gasteiger partial charge in [0.15, 0.2) is 12.4 Å². The van der Waals surface area contributed by atoms with Crippen molar-refractivity contribution >= 4 is 46.7 Å². The van der Waals surface area contributed by atoms with Crippen LogP contribution in [-0.4, -0.2) is 38.5 Å². The molecule has 2 aromatic carbocycles. The lowest BCUT2D eigenvalue weighted by Gasteiger charge is -2.09. The SMILES string of the molecule is CNC(=O)c1ccc(NC(=O)COC(=O)c2cc(Cl)c(OC)c(Cl)c2)cc1. The van der Waals surface area contributed by atoms with E-state index in [0.717, 1.165) is 0 Å². The van der Waals surface area contributed by atoms with Crippen LogP contribution in [0.15, 0.2) is 36.4 Å². The summed E-state index contributed by atoms with van der Waals surface area (Å²) in [6.07, 6.45) is 0. The van der Waals surface area contributed by atoms with Crippen molar-refractivity contribution in [1.29, 1.82) is 0 Å². The summed E-state index contributed by atoms with van der Waals surface area (Å²) in [5.74, 6) is -1.29. The predicted octanol–water partition coefficient (Wildman–Crippen LogP) is 3.16. The molecular weight excluding hydrogens is 395 g/mol. The van der Waals surface area contributed by atoms with E-state index in [2.05, 4.69) is 10.6 Å². The van der Waals surface area contributed by atoms with Gasteiger partial charge in [-0.2, -0.15) is 0 Å². The van der Waals surface area contributed by atoms with Crippen molar-refractivity contribution in [3.63, 3.8) is 0 Å². The van der Waals surface area contributed by atoms with Crippen LogP contribution in [0.4, 0.5) is 5.69 Å². The highest BCUT2D eigenvalue weighted by atomic mass is 35.5. The van der Waals surface area contributed by atoms with Crippen LogP contribution in [0.2, 0.25) is 10.0 Å². The van der Waals surface area contributed by atoms with Crippen LogP contribution in [0.5, 0.6) is 5.75 Å². The molecule has 0 saturated carbocycles.